The SMILES string of the molecule is Cc1cc2cnn(PI)c2cc1-c1ccoc1. The summed E-state index contributed by atoms with van der Waals surface area (Å²) in [5.74, 6) is 0. The zero-order valence-electron chi connectivity index (χ0n) is 9.14. The van der Waals surface area contributed by atoms with Gasteiger partial charge in [-0.05, 0) is 58.3 Å². The van der Waals surface area contributed by atoms with E-state index in [9.17, 15) is 0 Å². The van der Waals surface area contributed by atoms with Crippen LogP contribution in [0.15, 0.2) is 41.3 Å². The van der Waals surface area contributed by atoms with Crippen LogP contribution in [-0.4, -0.2) is 9.55 Å². The van der Waals surface area contributed by atoms with Crippen molar-refractivity contribution in [2.24, 2.45) is 0 Å². The van der Waals surface area contributed by atoms with Gasteiger partial charge in [0.25, 0.3) is 0 Å². The quantitative estimate of drug-likeness (QED) is 0.504. The van der Waals surface area contributed by atoms with Crippen molar-refractivity contribution >= 4 is 39.3 Å². The molecule has 3 aromatic rings. The molecule has 0 aliphatic carbocycles. The molecule has 0 spiro atoms. The van der Waals surface area contributed by atoms with Crippen molar-refractivity contribution in [2.75, 3.05) is 0 Å². The molecule has 0 saturated carbocycles. The van der Waals surface area contributed by atoms with Gasteiger partial charge in [0.05, 0.1) is 30.6 Å². The Kier molecular flexibility index (Phi) is 2.92. The van der Waals surface area contributed by atoms with Gasteiger partial charge in [0.2, 0.25) is 0 Å². The van der Waals surface area contributed by atoms with Crippen molar-refractivity contribution in [3.8, 4) is 11.1 Å². The molecule has 2 heterocycles. The summed E-state index contributed by atoms with van der Waals surface area (Å²) in [6.45, 7) is 2.12. The molecule has 1 atom stereocenters. The molecule has 3 rings (SSSR count). The molecule has 0 N–H and O–H groups in total. The lowest BCUT2D eigenvalue weighted by Gasteiger charge is -2.05. The number of furan rings is 1. The second kappa shape index (κ2) is 4.42. The molecule has 2 aromatic heterocycles. The summed E-state index contributed by atoms with van der Waals surface area (Å²) in [6, 6.07) is 6.35. The highest BCUT2D eigenvalue weighted by molar-refractivity contribution is 14.2. The number of fused-ring (bicyclic) bond motifs is 1. The summed E-state index contributed by atoms with van der Waals surface area (Å²) < 4.78 is 7.18. The van der Waals surface area contributed by atoms with Crippen molar-refractivity contribution in [3.05, 3.63) is 42.5 Å². The number of nitrogens with zero attached hydrogens (tertiary/aromatic N) is 2. The largest absolute Gasteiger partial charge is 0.472 e. The molecule has 1 aromatic carbocycles. The van der Waals surface area contributed by atoms with Crippen molar-refractivity contribution in [1.82, 2.24) is 9.55 Å². The van der Waals surface area contributed by atoms with Crippen molar-refractivity contribution in [3.63, 3.8) is 0 Å². The predicted molar refractivity (Wildman–Crippen MR) is 79.9 cm³/mol. The van der Waals surface area contributed by atoms with Gasteiger partial charge in [-0.1, -0.05) is 0 Å². The smallest absolute Gasteiger partial charge is 0.0981 e. The fraction of sp³-hybridized carbons (Fsp3) is 0.0833. The second-order valence-electron chi connectivity index (χ2n) is 3.88. The third-order valence-electron chi connectivity index (χ3n) is 2.83. The van der Waals surface area contributed by atoms with Gasteiger partial charge < -0.3 is 4.42 Å². The van der Waals surface area contributed by atoms with Crippen LogP contribution < -0.4 is 0 Å². The van der Waals surface area contributed by atoms with Crippen LogP contribution in [0.3, 0.4) is 0 Å². The minimum Gasteiger partial charge on any atom is -0.472 e. The third kappa shape index (κ3) is 1.89. The number of benzene rings is 1. The summed E-state index contributed by atoms with van der Waals surface area (Å²) in [4.78, 5) is 0. The first kappa shape index (κ1) is 11.2. The van der Waals surface area contributed by atoms with E-state index in [0.29, 0.717) is 6.37 Å². The topological polar surface area (TPSA) is 31.0 Å². The Labute approximate surface area is 114 Å². The molecule has 86 valence electrons. The third-order valence-corrected chi connectivity index (χ3v) is 4.71. The number of aromatic nitrogens is 2. The van der Waals surface area contributed by atoms with E-state index in [4.69, 9.17) is 4.42 Å². The average molecular weight is 356 g/mol. The maximum atomic E-state index is 5.15. The molecule has 3 nitrogen and oxygen atoms in total. The molecule has 17 heavy (non-hydrogen) atoms. The van der Waals surface area contributed by atoms with E-state index in [1.807, 2.05) is 16.7 Å². The van der Waals surface area contributed by atoms with Gasteiger partial charge in [-0.3, -0.25) is 0 Å². The summed E-state index contributed by atoms with van der Waals surface area (Å²) in [7, 11) is 0. The first-order valence-corrected chi connectivity index (χ1v) is 9.23. The minimum atomic E-state index is 0.619. The van der Waals surface area contributed by atoms with E-state index in [-0.39, 0.29) is 0 Å². The first-order valence-electron chi connectivity index (χ1n) is 5.17. The summed E-state index contributed by atoms with van der Waals surface area (Å²) in [5, 5.41) is 5.57. The normalized spacial score (nSPS) is 11.9. The molecule has 0 radical (unpaired) electrons. The lowest BCUT2D eigenvalue weighted by Crippen LogP contribution is -1.85. The Bertz CT molecular complexity index is 661. The highest BCUT2D eigenvalue weighted by Gasteiger charge is 2.08. The molecular weight excluding hydrogens is 346 g/mol. The Morgan fingerprint density at radius 1 is 1.41 bits per heavy atom. The standard InChI is InChI=1S/C12H10IN2OP/c1-8-4-10-6-14-15(17-13)12(10)5-11(8)9-2-3-16-7-9/h2-7,17H,1H3. The summed E-state index contributed by atoms with van der Waals surface area (Å²) >= 11 is 2.34. The average Bonchev–Trinajstić information content (AvgIpc) is 2.95. The number of rotatable bonds is 2. The zero-order valence-corrected chi connectivity index (χ0v) is 12.3. The number of aryl methyl sites for hydroxylation is 1. The fourth-order valence-electron chi connectivity index (χ4n) is 1.98. The molecular formula is C12H10IN2OP. The minimum absolute atomic E-state index is 0.619. The molecule has 0 saturated heterocycles. The molecule has 1 unspecified atom stereocenters. The van der Waals surface area contributed by atoms with Crippen LogP contribution in [0.1, 0.15) is 5.56 Å². The van der Waals surface area contributed by atoms with E-state index in [1.54, 1.807) is 12.5 Å². The van der Waals surface area contributed by atoms with Gasteiger partial charge in [-0.2, -0.15) is 5.10 Å². The lowest BCUT2D eigenvalue weighted by atomic mass is 10.0. The predicted octanol–water partition coefficient (Wildman–Crippen LogP) is 4.40. The van der Waals surface area contributed by atoms with E-state index in [0.717, 1.165) is 5.56 Å². The highest BCUT2D eigenvalue weighted by Crippen LogP contribution is 2.33. The van der Waals surface area contributed by atoms with Gasteiger partial charge in [0.1, 0.15) is 0 Å². The number of halogens is 1. The fourth-order valence-corrected chi connectivity index (χ4v) is 3.52. The molecule has 0 amide bonds. The first-order chi connectivity index (χ1) is 8.29. The maximum absolute atomic E-state index is 5.15. The Hall–Kier alpha value is -0.870. The molecule has 0 aliphatic heterocycles. The molecule has 0 bridgehead atoms. The molecule has 5 heteroatoms. The van der Waals surface area contributed by atoms with Gasteiger partial charge in [-0.15, -0.1) is 0 Å². The number of hydrogen-bond acceptors (Lipinski definition) is 2. The van der Waals surface area contributed by atoms with Crippen LogP contribution in [0.5, 0.6) is 0 Å². The Morgan fingerprint density at radius 3 is 3.00 bits per heavy atom. The highest BCUT2D eigenvalue weighted by atomic mass is 127. The molecule has 0 aliphatic rings. The van der Waals surface area contributed by atoms with Gasteiger partial charge >= 0.3 is 0 Å². The van der Waals surface area contributed by atoms with Gasteiger partial charge in [-0.25, -0.2) is 4.45 Å². The summed E-state index contributed by atoms with van der Waals surface area (Å²) in [5.41, 5.74) is 4.76. The van der Waals surface area contributed by atoms with Crippen LogP contribution in [0.2, 0.25) is 0 Å². The Morgan fingerprint density at radius 2 is 2.29 bits per heavy atom. The molecule has 0 fully saturated rings. The number of hydrogen-bond donors (Lipinski definition) is 0. The van der Waals surface area contributed by atoms with Crippen molar-refractivity contribution in [2.45, 2.75) is 6.92 Å². The summed E-state index contributed by atoms with van der Waals surface area (Å²) in [6.07, 6.45) is 6.03. The zero-order chi connectivity index (χ0) is 11.8. The van der Waals surface area contributed by atoms with Crippen LogP contribution in [0, 0.1) is 6.92 Å². The van der Waals surface area contributed by atoms with Crippen LogP contribution in [0.4, 0.5) is 0 Å². The Balaban J connectivity index is 2.28. The van der Waals surface area contributed by atoms with Gasteiger partial charge in [0.15, 0.2) is 0 Å². The monoisotopic (exact) mass is 356 g/mol. The van der Waals surface area contributed by atoms with Gasteiger partial charge in [0, 0.05) is 10.9 Å². The maximum Gasteiger partial charge on any atom is 0.0981 e. The van der Waals surface area contributed by atoms with E-state index < -0.39 is 0 Å². The van der Waals surface area contributed by atoms with Crippen LogP contribution in [0.25, 0.3) is 22.0 Å². The van der Waals surface area contributed by atoms with Crippen LogP contribution >= 0.6 is 28.4 Å². The van der Waals surface area contributed by atoms with Crippen molar-refractivity contribution in [1.29, 1.82) is 0 Å². The van der Waals surface area contributed by atoms with E-state index >= 15 is 0 Å². The van der Waals surface area contributed by atoms with Crippen LogP contribution in [-0.2, 0) is 0 Å². The van der Waals surface area contributed by atoms with E-state index in [1.165, 1.54) is 22.0 Å². The lowest BCUT2D eigenvalue weighted by molar-refractivity contribution is 0.568. The second-order valence-corrected chi connectivity index (χ2v) is 5.92. The van der Waals surface area contributed by atoms with E-state index in [2.05, 4.69) is 46.2 Å². The van der Waals surface area contributed by atoms with Crippen molar-refractivity contribution < 1.29 is 4.42 Å².